The number of rotatable bonds is 3. The number of aromatic nitrogens is 2. The van der Waals surface area contributed by atoms with Crippen LogP contribution in [0.4, 0.5) is 5.82 Å². The van der Waals surface area contributed by atoms with E-state index < -0.39 is 0 Å². The number of carbonyl (C=O) groups excluding carboxylic acids is 2. The Labute approximate surface area is 151 Å². The van der Waals surface area contributed by atoms with Gasteiger partial charge in [0.25, 0.3) is 0 Å². The van der Waals surface area contributed by atoms with Crippen molar-refractivity contribution in [3.05, 3.63) is 47.2 Å². The van der Waals surface area contributed by atoms with Crippen molar-refractivity contribution < 1.29 is 14.3 Å². The van der Waals surface area contributed by atoms with Crippen LogP contribution in [0.1, 0.15) is 29.7 Å². The maximum atomic E-state index is 12.9. The zero-order valence-corrected chi connectivity index (χ0v) is 14.9. The molecular formula is C20H21N3O3. The quantitative estimate of drug-likeness (QED) is 0.796. The van der Waals surface area contributed by atoms with Gasteiger partial charge in [0.05, 0.1) is 30.6 Å². The average molecular weight is 351 g/mol. The van der Waals surface area contributed by atoms with E-state index in [1.54, 1.807) is 0 Å². The summed E-state index contributed by atoms with van der Waals surface area (Å²) in [6.45, 7) is 4.62. The van der Waals surface area contributed by atoms with Crippen LogP contribution in [0.2, 0.25) is 0 Å². The Morgan fingerprint density at radius 1 is 1.08 bits per heavy atom. The van der Waals surface area contributed by atoms with Crippen LogP contribution >= 0.6 is 0 Å². The number of carbonyl (C=O) groups is 2. The fourth-order valence-corrected chi connectivity index (χ4v) is 4.68. The van der Waals surface area contributed by atoms with Gasteiger partial charge in [-0.15, -0.1) is 0 Å². The molecule has 0 radical (unpaired) electrons. The van der Waals surface area contributed by atoms with Crippen molar-refractivity contribution in [2.24, 2.45) is 11.8 Å². The van der Waals surface area contributed by atoms with Gasteiger partial charge in [-0.25, -0.2) is 4.90 Å². The normalized spacial score (nSPS) is 29.7. The minimum Gasteiger partial charge on any atom is -0.373 e. The molecule has 134 valence electrons. The van der Waals surface area contributed by atoms with Crippen molar-refractivity contribution in [3.63, 3.8) is 0 Å². The van der Waals surface area contributed by atoms with E-state index in [1.807, 2.05) is 23.7 Å². The number of nitrogens with zero attached hydrogens (tertiary/aromatic N) is 3. The van der Waals surface area contributed by atoms with Crippen LogP contribution in [-0.2, 0) is 20.9 Å². The first-order valence-corrected chi connectivity index (χ1v) is 9.16. The molecular weight excluding hydrogens is 330 g/mol. The van der Waals surface area contributed by atoms with Crippen molar-refractivity contribution in [1.82, 2.24) is 9.78 Å². The topological polar surface area (TPSA) is 64.4 Å². The number of amides is 2. The van der Waals surface area contributed by atoms with Gasteiger partial charge in [0.2, 0.25) is 11.8 Å². The fraction of sp³-hybridized carbons (Fsp3) is 0.450. The molecule has 2 aromatic rings. The SMILES string of the molecule is Cc1cccc(Cn2nc(N3C(=O)[C@@H]4[C@@H](C3=O)[C@H]3CC[C@@H]4O3)cc2C)c1. The van der Waals surface area contributed by atoms with Gasteiger partial charge in [-0.3, -0.25) is 14.3 Å². The third kappa shape index (κ3) is 2.18. The highest BCUT2D eigenvalue weighted by atomic mass is 16.5. The maximum absolute atomic E-state index is 12.9. The number of imide groups is 1. The summed E-state index contributed by atoms with van der Waals surface area (Å²) in [4.78, 5) is 27.1. The Morgan fingerprint density at radius 3 is 2.42 bits per heavy atom. The lowest BCUT2D eigenvalue weighted by Crippen LogP contribution is -2.34. The third-order valence-electron chi connectivity index (χ3n) is 5.90. The predicted molar refractivity (Wildman–Crippen MR) is 94.6 cm³/mol. The van der Waals surface area contributed by atoms with Crippen LogP contribution in [-0.4, -0.2) is 33.8 Å². The van der Waals surface area contributed by atoms with E-state index in [2.05, 4.69) is 30.2 Å². The monoisotopic (exact) mass is 351 g/mol. The lowest BCUT2D eigenvalue weighted by Gasteiger charge is -2.15. The smallest absolute Gasteiger partial charge is 0.241 e. The number of fused-ring (bicyclic) bond motifs is 5. The molecule has 26 heavy (non-hydrogen) atoms. The highest BCUT2D eigenvalue weighted by Gasteiger charge is 2.63. The van der Waals surface area contributed by atoms with E-state index in [0.717, 1.165) is 24.1 Å². The Hall–Kier alpha value is -2.47. The standard InChI is InChI=1S/C20H21N3O3/c1-11-4-3-5-13(8-11)10-22-12(2)9-16(21-22)23-19(24)17-14-6-7-15(26-14)18(17)20(23)25/h3-5,8-9,14-15,17-18H,6-7,10H2,1-2H3/t14-,15+,17-,18-/m0/s1. The fourth-order valence-electron chi connectivity index (χ4n) is 4.68. The third-order valence-corrected chi connectivity index (χ3v) is 5.90. The van der Waals surface area contributed by atoms with E-state index in [0.29, 0.717) is 12.4 Å². The largest absolute Gasteiger partial charge is 0.373 e. The molecule has 1 aromatic heterocycles. The molecule has 0 aliphatic carbocycles. The summed E-state index contributed by atoms with van der Waals surface area (Å²) >= 11 is 0. The first kappa shape index (κ1) is 15.8. The Balaban J connectivity index is 1.44. The molecule has 3 aliphatic heterocycles. The Morgan fingerprint density at radius 2 is 1.77 bits per heavy atom. The van der Waals surface area contributed by atoms with Crippen LogP contribution < -0.4 is 4.90 Å². The number of ether oxygens (including phenoxy) is 1. The highest BCUT2D eigenvalue weighted by molar-refractivity contribution is 6.22. The second kappa shape index (κ2) is 5.51. The summed E-state index contributed by atoms with van der Waals surface area (Å²) < 4.78 is 7.64. The summed E-state index contributed by atoms with van der Waals surface area (Å²) in [5.41, 5.74) is 3.27. The van der Waals surface area contributed by atoms with Gasteiger partial charge in [-0.1, -0.05) is 29.8 Å². The van der Waals surface area contributed by atoms with Gasteiger partial charge < -0.3 is 4.74 Å². The average Bonchev–Trinajstić information content (AvgIpc) is 3.33. The molecule has 4 atom stereocenters. The lowest BCUT2D eigenvalue weighted by atomic mass is 9.81. The molecule has 2 amide bonds. The maximum Gasteiger partial charge on any atom is 0.241 e. The first-order chi connectivity index (χ1) is 12.5. The molecule has 0 spiro atoms. The second-order valence-corrected chi connectivity index (χ2v) is 7.64. The van der Waals surface area contributed by atoms with Crippen LogP contribution in [0.25, 0.3) is 0 Å². The van der Waals surface area contributed by atoms with Gasteiger partial charge in [-0.2, -0.15) is 5.10 Å². The van der Waals surface area contributed by atoms with Gasteiger partial charge in [-0.05, 0) is 32.3 Å². The van der Waals surface area contributed by atoms with Crippen LogP contribution in [0.3, 0.4) is 0 Å². The van der Waals surface area contributed by atoms with E-state index in [9.17, 15) is 9.59 Å². The number of hydrogen-bond donors (Lipinski definition) is 0. The Kier molecular flexibility index (Phi) is 3.34. The Bertz CT molecular complexity index is 891. The summed E-state index contributed by atoms with van der Waals surface area (Å²) in [5.74, 6) is -0.481. The minimum absolute atomic E-state index is 0.0954. The van der Waals surface area contributed by atoms with Gasteiger partial charge in [0.1, 0.15) is 0 Å². The molecule has 2 bridgehead atoms. The molecule has 0 unspecified atom stereocenters. The highest BCUT2D eigenvalue weighted by Crippen LogP contribution is 2.49. The summed E-state index contributed by atoms with van der Waals surface area (Å²) in [5, 5.41) is 4.58. The molecule has 0 N–H and O–H groups in total. The van der Waals surface area contributed by atoms with Crippen LogP contribution in [0.15, 0.2) is 30.3 Å². The molecule has 6 heteroatoms. The summed E-state index contributed by atoms with van der Waals surface area (Å²) in [7, 11) is 0. The van der Waals surface area contributed by atoms with Crippen molar-refractivity contribution in [1.29, 1.82) is 0 Å². The molecule has 3 saturated heterocycles. The minimum atomic E-state index is -0.316. The van der Waals surface area contributed by atoms with Crippen LogP contribution in [0, 0.1) is 25.7 Å². The molecule has 4 heterocycles. The number of aryl methyl sites for hydroxylation is 2. The zero-order chi connectivity index (χ0) is 18.0. The molecule has 0 saturated carbocycles. The van der Waals surface area contributed by atoms with E-state index in [-0.39, 0.29) is 35.9 Å². The molecule has 1 aromatic carbocycles. The molecule has 3 aliphatic rings. The number of hydrogen-bond acceptors (Lipinski definition) is 4. The predicted octanol–water partition coefficient (Wildman–Crippen LogP) is 2.22. The zero-order valence-electron chi connectivity index (χ0n) is 14.9. The van der Waals surface area contributed by atoms with E-state index in [1.165, 1.54) is 10.5 Å². The number of benzene rings is 1. The van der Waals surface area contributed by atoms with Crippen LogP contribution in [0.5, 0.6) is 0 Å². The summed E-state index contributed by atoms with van der Waals surface area (Å²) in [6.07, 6.45) is 1.56. The van der Waals surface area contributed by atoms with E-state index in [4.69, 9.17) is 4.74 Å². The summed E-state index contributed by atoms with van der Waals surface area (Å²) in [6, 6.07) is 10.1. The molecule has 3 fully saturated rings. The van der Waals surface area contributed by atoms with Gasteiger partial charge in [0, 0.05) is 11.8 Å². The van der Waals surface area contributed by atoms with Gasteiger partial charge in [0.15, 0.2) is 5.82 Å². The van der Waals surface area contributed by atoms with Crippen molar-refractivity contribution in [2.75, 3.05) is 4.90 Å². The van der Waals surface area contributed by atoms with Crippen molar-refractivity contribution >= 4 is 17.6 Å². The first-order valence-electron chi connectivity index (χ1n) is 9.16. The van der Waals surface area contributed by atoms with Gasteiger partial charge >= 0.3 is 0 Å². The van der Waals surface area contributed by atoms with Crippen molar-refractivity contribution in [3.8, 4) is 0 Å². The van der Waals surface area contributed by atoms with Crippen molar-refractivity contribution in [2.45, 2.75) is 45.4 Å². The number of anilines is 1. The molecule has 6 nitrogen and oxygen atoms in total. The van der Waals surface area contributed by atoms with E-state index >= 15 is 0 Å². The second-order valence-electron chi connectivity index (χ2n) is 7.64. The lowest BCUT2D eigenvalue weighted by molar-refractivity contribution is -0.124. The molecule has 5 rings (SSSR count).